The van der Waals surface area contributed by atoms with Crippen LogP contribution >= 0.6 is 0 Å². The van der Waals surface area contributed by atoms with E-state index in [1.165, 1.54) is 4.90 Å². The van der Waals surface area contributed by atoms with Gasteiger partial charge in [0.15, 0.2) is 0 Å². The van der Waals surface area contributed by atoms with Gasteiger partial charge in [-0.3, -0.25) is 4.79 Å². The van der Waals surface area contributed by atoms with Crippen molar-refractivity contribution in [3.05, 3.63) is 0 Å². The molecule has 0 aromatic heterocycles. The van der Waals surface area contributed by atoms with Crippen molar-refractivity contribution in [2.45, 2.75) is 19.3 Å². The lowest BCUT2D eigenvalue weighted by Gasteiger charge is -2.20. The summed E-state index contributed by atoms with van der Waals surface area (Å²) >= 11 is 0. The molecule has 1 amide bonds. The van der Waals surface area contributed by atoms with E-state index in [4.69, 9.17) is 10.2 Å². The molecule has 0 atom stereocenters. The number of rotatable bonds is 6. The molecule has 0 unspecified atom stereocenters. The number of hydrogen-bond acceptors (Lipinski definition) is 3. The number of aliphatic hydroxyl groups excluding tert-OH is 2. The highest BCUT2D eigenvalue weighted by atomic mass is 16.3. The van der Waals surface area contributed by atoms with E-state index in [1.807, 2.05) is 0 Å². The second-order valence-corrected chi connectivity index (χ2v) is 3.48. The predicted molar refractivity (Wildman–Crippen MR) is 48.1 cm³/mol. The molecule has 0 heterocycles. The Morgan fingerprint density at radius 1 is 1.23 bits per heavy atom. The van der Waals surface area contributed by atoms with Crippen LogP contribution in [0.15, 0.2) is 0 Å². The molecule has 1 fully saturated rings. The molecule has 4 heteroatoms. The van der Waals surface area contributed by atoms with Gasteiger partial charge in [0.05, 0.1) is 13.2 Å². The third-order valence-electron chi connectivity index (χ3n) is 2.25. The smallest absolute Gasteiger partial charge is 0.223 e. The van der Waals surface area contributed by atoms with Gasteiger partial charge in [-0.15, -0.1) is 0 Å². The van der Waals surface area contributed by atoms with Crippen LogP contribution in [0, 0.1) is 5.92 Å². The fourth-order valence-corrected chi connectivity index (χ4v) is 1.30. The quantitative estimate of drug-likeness (QED) is 0.595. The minimum Gasteiger partial charge on any atom is -0.395 e. The molecule has 0 radical (unpaired) electrons. The fourth-order valence-electron chi connectivity index (χ4n) is 1.30. The van der Waals surface area contributed by atoms with Crippen molar-refractivity contribution in [3.8, 4) is 0 Å². The highest BCUT2D eigenvalue weighted by molar-refractivity contribution is 5.76. The summed E-state index contributed by atoms with van der Waals surface area (Å²) in [4.78, 5) is 13.0. The van der Waals surface area contributed by atoms with Gasteiger partial charge in [-0.25, -0.2) is 0 Å². The second kappa shape index (κ2) is 5.19. The summed E-state index contributed by atoms with van der Waals surface area (Å²) in [5.74, 6) is 0.623. The molecule has 0 spiro atoms. The van der Waals surface area contributed by atoms with Crippen molar-refractivity contribution < 1.29 is 15.0 Å². The monoisotopic (exact) mass is 187 g/mol. The second-order valence-electron chi connectivity index (χ2n) is 3.48. The van der Waals surface area contributed by atoms with Gasteiger partial charge < -0.3 is 15.1 Å². The minimum atomic E-state index is -0.0313. The van der Waals surface area contributed by atoms with Crippen molar-refractivity contribution >= 4 is 5.91 Å². The zero-order chi connectivity index (χ0) is 9.68. The van der Waals surface area contributed by atoms with Crippen LogP contribution in [-0.2, 0) is 4.79 Å². The molecular weight excluding hydrogens is 170 g/mol. The van der Waals surface area contributed by atoms with E-state index in [2.05, 4.69) is 0 Å². The van der Waals surface area contributed by atoms with Crippen LogP contribution in [-0.4, -0.2) is 47.3 Å². The lowest BCUT2D eigenvalue weighted by atomic mass is 10.2. The predicted octanol–water partition coefficient (Wildman–Crippen LogP) is -0.400. The Morgan fingerprint density at radius 2 is 1.77 bits per heavy atom. The lowest BCUT2D eigenvalue weighted by Crippen LogP contribution is -2.35. The first kappa shape index (κ1) is 10.5. The van der Waals surface area contributed by atoms with E-state index in [0.717, 1.165) is 12.8 Å². The maximum Gasteiger partial charge on any atom is 0.223 e. The lowest BCUT2D eigenvalue weighted by molar-refractivity contribution is -0.132. The molecule has 1 aliphatic carbocycles. The largest absolute Gasteiger partial charge is 0.395 e. The number of carbonyl (C=O) groups excluding carboxylic acids is 1. The van der Waals surface area contributed by atoms with Gasteiger partial charge in [0.1, 0.15) is 0 Å². The van der Waals surface area contributed by atoms with Crippen LogP contribution < -0.4 is 0 Å². The van der Waals surface area contributed by atoms with Crippen molar-refractivity contribution in [3.63, 3.8) is 0 Å². The van der Waals surface area contributed by atoms with Crippen LogP contribution in [0.2, 0.25) is 0 Å². The SMILES string of the molecule is O=C(CC1CC1)N(CCO)CCO. The molecule has 1 aliphatic rings. The van der Waals surface area contributed by atoms with E-state index < -0.39 is 0 Å². The molecule has 1 rings (SSSR count). The molecular formula is C9H17NO3. The van der Waals surface area contributed by atoms with E-state index in [-0.39, 0.29) is 19.1 Å². The molecule has 76 valence electrons. The van der Waals surface area contributed by atoms with Crippen LogP contribution in [0.4, 0.5) is 0 Å². The Hall–Kier alpha value is -0.610. The highest BCUT2D eigenvalue weighted by Gasteiger charge is 2.26. The Kier molecular flexibility index (Phi) is 4.18. The summed E-state index contributed by atoms with van der Waals surface area (Å²) in [6.07, 6.45) is 2.88. The maximum atomic E-state index is 11.5. The van der Waals surface area contributed by atoms with Crippen LogP contribution in [0.5, 0.6) is 0 Å². The number of nitrogens with zero attached hydrogens (tertiary/aromatic N) is 1. The van der Waals surface area contributed by atoms with E-state index in [0.29, 0.717) is 25.4 Å². The van der Waals surface area contributed by atoms with Crippen LogP contribution in [0.3, 0.4) is 0 Å². The fraction of sp³-hybridized carbons (Fsp3) is 0.889. The van der Waals surface area contributed by atoms with Gasteiger partial charge in [0.25, 0.3) is 0 Å². The first-order chi connectivity index (χ1) is 6.27. The van der Waals surface area contributed by atoms with Gasteiger partial charge >= 0.3 is 0 Å². The van der Waals surface area contributed by atoms with E-state index >= 15 is 0 Å². The first-order valence-electron chi connectivity index (χ1n) is 4.77. The maximum absolute atomic E-state index is 11.5. The van der Waals surface area contributed by atoms with Gasteiger partial charge in [-0.05, 0) is 18.8 Å². The van der Waals surface area contributed by atoms with Gasteiger partial charge in [0, 0.05) is 19.5 Å². The summed E-state index contributed by atoms with van der Waals surface area (Å²) < 4.78 is 0. The molecule has 2 N–H and O–H groups in total. The van der Waals surface area contributed by atoms with E-state index in [1.54, 1.807) is 0 Å². The molecule has 0 aromatic carbocycles. The topological polar surface area (TPSA) is 60.8 Å². The number of carbonyl (C=O) groups is 1. The zero-order valence-corrected chi connectivity index (χ0v) is 7.78. The Morgan fingerprint density at radius 3 is 2.15 bits per heavy atom. The van der Waals surface area contributed by atoms with Crippen molar-refractivity contribution in [1.29, 1.82) is 0 Å². The van der Waals surface area contributed by atoms with Gasteiger partial charge in [0.2, 0.25) is 5.91 Å². The Balaban J connectivity index is 2.27. The number of amides is 1. The average Bonchev–Trinajstić information content (AvgIpc) is 2.88. The minimum absolute atomic E-state index is 0.0313. The van der Waals surface area contributed by atoms with Crippen molar-refractivity contribution in [2.75, 3.05) is 26.3 Å². The zero-order valence-electron chi connectivity index (χ0n) is 7.78. The Bertz CT molecular complexity index is 162. The van der Waals surface area contributed by atoms with E-state index in [9.17, 15) is 4.79 Å². The molecule has 0 saturated heterocycles. The summed E-state index contributed by atoms with van der Waals surface area (Å²) in [6, 6.07) is 0. The van der Waals surface area contributed by atoms with Gasteiger partial charge in [-0.2, -0.15) is 0 Å². The summed E-state index contributed by atoms with van der Waals surface area (Å²) in [5, 5.41) is 17.4. The molecule has 1 saturated carbocycles. The number of hydrogen-bond donors (Lipinski definition) is 2. The molecule has 0 aliphatic heterocycles. The number of aliphatic hydroxyl groups is 2. The molecule has 13 heavy (non-hydrogen) atoms. The first-order valence-corrected chi connectivity index (χ1v) is 4.77. The van der Waals surface area contributed by atoms with Crippen LogP contribution in [0.1, 0.15) is 19.3 Å². The summed E-state index contributed by atoms with van der Waals surface area (Å²) in [5.41, 5.74) is 0. The molecule has 0 aromatic rings. The normalized spacial score (nSPS) is 15.8. The molecule has 4 nitrogen and oxygen atoms in total. The third kappa shape index (κ3) is 3.74. The van der Waals surface area contributed by atoms with Crippen molar-refractivity contribution in [2.24, 2.45) is 5.92 Å². The summed E-state index contributed by atoms with van der Waals surface area (Å²) in [6.45, 7) is 0.616. The summed E-state index contributed by atoms with van der Waals surface area (Å²) in [7, 11) is 0. The Labute approximate surface area is 78.2 Å². The van der Waals surface area contributed by atoms with Gasteiger partial charge in [-0.1, -0.05) is 0 Å². The standard InChI is InChI=1S/C9H17NO3/c11-5-3-10(4-6-12)9(13)7-8-1-2-8/h8,11-12H,1-7H2. The average molecular weight is 187 g/mol. The molecule has 0 bridgehead atoms. The van der Waals surface area contributed by atoms with Crippen molar-refractivity contribution in [1.82, 2.24) is 4.90 Å². The van der Waals surface area contributed by atoms with Crippen LogP contribution in [0.25, 0.3) is 0 Å². The third-order valence-corrected chi connectivity index (χ3v) is 2.25. The highest BCUT2D eigenvalue weighted by Crippen LogP contribution is 2.32.